The molecule has 5 nitrogen and oxygen atoms in total. The monoisotopic (exact) mass is 419 g/mol. The quantitative estimate of drug-likeness (QED) is 0.793. The van der Waals surface area contributed by atoms with Gasteiger partial charge in [0.25, 0.3) is 6.02 Å². The Hall–Kier alpha value is -2.40. The van der Waals surface area contributed by atoms with Crippen LogP contribution in [0.4, 0.5) is 0 Å². The normalized spacial score (nSPS) is 36.6. The Morgan fingerprint density at radius 3 is 2.77 bits per heavy atom. The molecule has 0 amide bonds. The van der Waals surface area contributed by atoms with Crippen LogP contribution in [-0.2, 0) is 21.4 Å². The van der Waals surface area contributed by atoms with Crippen LogP contribution >= 0.6 is 0 Å². The van der Waals surface area contributed by atoms with Gasteiger partial charge in [0.15, 0.2) is 0 Å². The van der Waals surface area contributed by atoms with Gasteiger partial charge in [0.2, 0.25) is 0 Å². The van der Waals surface area contributed by atoms with Crippen LogP contribution in [0.1, 0.15) is 64.4 Å². The zero-order valence-corrected chi connectivity index (χ0v) is 18.2. The highest BCUT2D eigenvalue weighted by Crippen LogP contribution is 2.62. The molecular weight excluding hydrogens is 386 g/mol. The van der Waals surface area contributed by atoms with Gasteiger partial charge in [-0.05, 0) is 84.7 Å². The van der Waals surface area contributed by atoms with Crippen LogP contribution in [-0.4, -0.2) is 30.8 Å². The molecule has 4 aliphatic rings. The number of aliphatic imine (C=N–C) groups is 1. The van der Waals surface area contributed by atoms with Crippen LogP contribution in [0.15, 0.2) is 41.7 Å². The summed E-state index contributed by atoms with van der Waals surface area (Å²) < 4.78 is 29.3. The van der Waals surface area contributed by atoms with E-state index in [-0.39, 0.29) is 12.1 Å². The van der Waals surface area contributed by atoms with Crippen LogP contribution in [0.2, 0.25) is 0 Å². The average molecular weight is 420 g/mol. The van der Waals surface area contributed by atoms with Gasteiger partial charge in [0, 0.05) is 30.5 Å². The molecule has 31 heavy (non-hydrogen) atoms. The standard InChI is InChI=1S/C26H31N3O2/c1-16-11-25(8-7-23(16)30-2)12-19-6-5-18(10-22(19)26(25)15-31-24(27)29-26)21-9-20(13-28-14-21)17-3-4-17/h5-6,9-10,13-14,16-17,23H,3-4,7-8,11-12,15H2,1-2H3,(H2,27,29)/t16-,23-,25-,26-/m0/s1/i15D2. The summed E-state index contributed by atoms with van der Waals surface area (Å²) in [5.74, 6) is 0.919. The number of ether oxygens (including phenoxy) is 2. The molecule has 1 aromatic carbocycles. The second kappa shape index (κ2) is 6.80. The Bertz CT molecular complexity index is 1150. The van der Waals surface area contributed by atoms with Crippen molar-refractivity contribution < 1.29 is 12.2 Å². The molecule has 1 aliphatic heterocycles. The maximum absolute atomic E-state index is 9.00. The van der Waals surface area contributed by atoms with E-state index in [4.69, 9.17) is 22.9 Å². The van der Waals surface area contributed by atoms with Crippen molar-refractivity contribution in [2.45, 2.75) is 63.0 Å². The number of aromatic nitrogens is 1. The summed E-state index contributed by atoms with van der Waals surface area (Å²) in [7, 11) is 1.77. The van der Waals surface area contributed by atoms with Crippen molar-refractivity contribution in [3.05, 3.63) is 53.3 Å². The minimum Gasteiger partial charge on any atom is -0.462 e. The summed E-state index contributed by atoms with van der Waals surface area (Å²) in [6.45, 7) is 0.180. The fourth-order valence-corrected chi connectivity index (χ4v) is 6.35. The Morgan fingerprint density at radius 1 is 1.19 bits per heavy atom. The lowest BCUT2D eigenvalue weighted by Gasteiger charge is -2.47. The molecule has 5 heteroatoms. The van der Waals surface area contributed by atoms with Gasteiger partial charge >= 0.3 is 0 Å². The van der Waals surface area contributed by atoms with Crippen molar-refractivity contribution in [2.24, 2.45) is 22.1 Å². The molecule has 4 atom stereocenters. The molecule has 3 aliphatic carbocycles. The predicted molar refractivity (Wildman–Crippen MR) is 121 cm³/mol. The molecule has 6 rings (SSSR count). The maximum atomic E-state index is 9.00. The molecule has 2 saturated carbocycles. The van der Waals surface area contributed by atoms with Gasteiger partial charge in [-0.2, -0.15) is 0 Å². The van der Waals surface area contributed by atoms with Crippen molar-refractivity contribution in [1.29, 1.82) is 0 Å². The van der Waals surface area contributed by atoms with Crippen molar-refractivity contribution in [2.75, 3.05) is 13.7 Å². The second-order valence-electron chi connectivity index (χ2n) is 9.97. The van der Waals surface area contributed by atoms with Crippen LogP contribution < -0.4 is 5.73 Å². The Morgan fingerprint density at radius 2 is 2.06 bits per heavy atom. The largest absolute Gasteiger partial charge is 0.462 e. The van der Waals surface area contributed by atoms with E-state index in [0.29, 0.717) is 11.8 Å². The molecule has 1 aromatic heterocycles. The highest BCUT2D eigenvalue weighted by molar-refractivity contribution is 5.76. The van der Waals surface area contributed by atoms with Crippen molar-refractivity contribution in [1.82, 2.24) is 4.98 Å². The number of nitrogens with two attached hydrogens (primary N) is 1. The molecule has 0 saturated heterocycles. The third kappa shape index (κ3) is 2.85. The highest BCUT2D eigenvalue weighted by atomic mass is 16.5. The zero-order chi connectivity index (χ0) is 23.0. The summed E-state index contributed by atoms with van der Waals surface area (Å²) in [4.78, 5) is 9.30. The maximum Gasteiger partial charge on any atom is 0.283 e. The van der Waals surface area contributed by atoms with Crippen LogP contribution in [0.25, 0.3) is 11.1 Å². The summed E-state index contributed by atoms with van der Waals surface area (Å²) in [6.07, 6.45) is 9.77. The van der Waals surface area contributed by atoms with Gasteiger partial charge in [0.1, 0.15) is 12.1 Å². The zero-order valence-electron chi connectivity index (χ0n) is 20.2. The number of benzene rings is 1. The smallest absolute Gasteiger partial charge is 0.283 e. The summed E-state index contributed by atoms with van der Waals surface area (Å²) in [5, 5.41) is 0. The topological polar surface area (TPSA) is 69.7 Å². The van der Waals surface area contributed by atoms with Gasteiger partial charge in [-0.3, -0.25) is 4.98 Å². The van der Waals surface area contributed by atoms with E-state index < -0.39 is 17.5 Å². The van der Waals surface area contributed by atoms with E-state index in [1.165, 1.54) is 18.4 Å². The number of nitrogens with zero attached hydrogens (tertiary/aromatic N) is 2. The van der Waals surface area contributed by atoms with E-state index in [0.717, 1.165) is 47.9 Å². The number of methoxy groups -OCH3 is 1. The molecular formula is C26H31N3O2. The minimum absolute atomic E-state index is 0.0588. The average Bonchev–Trinajstić information content (AvgIpc) is 3.55. The number of pyridine rings is 1. The molecule has 2 spiro atoms. The fraction of sp³-hybridized carbons (Fsp3) is 0.538. The lowest BCUT2D eigenvalue weighted by Crippen LogP contribution is -2.48. The molecule has 162 valence electrons. The third-order valence-electron chi connectivity index (χ3n) is 8.08. The molecule has 2 N–H and O–H groups in total. The fourth-order valence-electron chi connectivity index (χ4n) is 6.35. The van der Waals surface area contributed by atoms with E-state index in [9.17, 15) is 0 Å². The van der Waals surface area contributed by atoms with Gasteiger partial charge < -0.3 is 15.2 Å². The Labute approximate surface area is 186 Å². The predicted octanol–water partition coefficient (Wildman–Crippen LogP) is 4.54. The highest BCUT2D eigenvalue weighted by Gasteiger charge is 2.62. The van der Waals surface area contributed by atoms with E-state index >= 15 is 0 Å². The Balaban J connectivity index is 1.50. The first-order valence-corrected chi connectivity index (χ1v) is 11.4. The molecule has 0 bridgehead atoms. The number of amidine groups is 1. The third-order valence-corrected chi connectivity index (χ3v) is 8.08. The molecule has 2 aromatic rings. The molecule has 2 heterocycles. The number of rotatable bonds is 3. The van der Waals surface area contributed by atoms with Crippen LogP contribution in [0.5, 0.6) is 0 Å². The molecule has 2 fully saturated rings. The second-order valence-corrected chi connectivity index (χ2v) is 9.97. The van der Waals surface area contributed by atoms with Crippen molar-refractivity contribution in [3.63, 3.8) is 0 Å². The number of hydrogen-bond donors (Lipinski definition) is 1. The lowest BCUT2D eigenvalue weighted by molar-refractivity contribution is -0.0445. The van der Waals surface area contributed by atoms with Crippen LogP contribution in [0.3, 0.4) is 0 Å². The SMILES string of the molecule is [2H]C1([2H])OC(N)=N[C@]12c1cc(-c3cncc(C4CC4)c3)ccc1C[C@@]21CC[C@H](OC)[C@@H](C)C1. The minimum atomic E-state index is -2.02. The van der Waals surface area contributed by atoms with E-state index in [1.807, 2.05) is 12.4 Å². The van der Waals surface area contributed by atoms with Crippen molar-refractivity contribution >= 4 is 6.02 Å². The molecule has 0 radical (unpaired) electrons. The first-order valence-electron chi connectivity index (χ1n) is 12.4. The number of fused-ring (bicyclic) bond motifs is 3. The van der Waals surface area contributed by atoms with E-state index in [1.54, 1.807) is 7.11 Å². The molecule has 0 unspecified atom stereocenters. The first-order chi connectivity index (χ1) is 15.8. The lowest BCUT2D eigenvalue weighted by atomic mass is 9.59. The summed E-state index contributed by atoms with van der Waals surface area (Å²) >= 11 is 0. The van der Waals surface area contributed by atoms with Gasteiger partial charge in [0.05, 0.1) is 8.85 Å². The first kappa shape index (κ1) is 17.2. The van der Waals surface area contributed by atoms with Gasteiger partial charge in [-0.15, -0.1) is 0 Å². The van der Waals surface area contributed by atoms with Crippen molar-refractivity contribution in [3.8, 4) is 11.1 Å². The summed E-state index contributed by atoms with van der Waals surface area (Å²) in [6, 6.07) is 8.58. The van der Waals surface area contributed by atoms with Gasteiger partial charge in [-0.1, -0.05) is 19.1 Å². The summed E-state index contributed by atoms with van der Waals surface area (Å²) in [5.41, 5.74) is 9.93. The van der Waals surface area contributed by atoms with Gasteiger partial charge in [-0.25, -0.2) is 4.99 Å². The Kier molecular flexibility index (Phi) is 3.77. The van der Waals surface area contributed by atoms with Crippen LogP contribution in [0, 0.1) is 11.3 Å². The number of hydrogen-bond acceptors (Lipinski definition) is 5. The van der Waals surface area contributed by atoms with E-state index in [2.05, 4.69) is 36.2 Å².